The molecular weight excluding hydrogens is 227 g/mol. The van der Waals surface area contributed by atoms with Crippen molar-refractivity contribution in [3.05, 3.63) is 21.9 Å². The molecule has 1 radical (unpaired) electrons. The minimum absolute atomic E-state index is 0.857. The third kappa shape index (κ3) is 1.82. The fourth-order valence-corrected chi connectivity index (χ4v) is 0.780. The molecule has 0 aromatic carbocycles. The van der Waals surface area contributed by atoms with E-state index < -0.39 is 0 Å². The first-order valence-electron chi connectivity index (χ1n) is 2.55. The Bertz CT molecular complexity index is 183. The number of pyridine rings is 1. The molecule has 0 saturated carbocycles. The number of rotatable bonds is 1. The minimum Gasteiger partial charge on any atom is -0.373 e. The Labute approximate surface area is 67.8 Å². The summed E-state index contributed by atoms with van der Waals surface area (Å²) in [6, 6.07) is 3.87. The zero-order valence-electron chi connectivity index (χ0n) is 4.98. The molecule has 0 atom stereocenters. The molecule has 0 bridgehead atoms. The summed E-state index contributed by atoms with van der Waals surface area (Å²) in [7, 11) is 1.84. The molecule has 1 aromatic heterocycles. The lowest BCUT2D eigenvalue weighted by Crippen LogP contribution is -1.90. The van der Waals surface area contributed by atoms with Gasteiger partial charge in [0.1, 0.15) is 12.0 Å². The second-order valence-electron chi connectivity index (χ2n) is 1.54. The molecule has 3 heteroatoms. The molecule has 0 unspecified atom stereocenters. The van der Waals surface area contributed by atoms with Gasteiger partial charge in [-0.25, -0.2) is 4.98 Å². The first-order chi connectivity index (χ1) is 4.33. The fraction of sp³-hybridized carbons (Fsp3) is 0.167. The van der Waals surface area contributed by atoms with Gasteiger partial charge in [-0.3, -0.25) is 0 Å². The van der Waals surface area contributed by atoms with Crippen molar-refractivity contribution in [3.63, 3.8) is 0 Å². The van der Waals surface area contributed by atoms with Crippen molar-refractivity contribution >= 4 is 28.4 Å². The van der Waals surface area contributed by atoms with Gasteiger partial charge < -0.3 is 5.32 Å². The summed E-state index contributed by atoms with van der Waals surface area (Å²) in [4.78, 5) is 3.95. The molecule has 1 aromatic rings. The number of anilines is 1. The number of nitrogens with one attached hydrogen (secondary N) is 1. The Morgan fingerprint density at radius 3 is 2.89 bits per heavy atom. The lowest BCUT2D eigenvalue weighted by atomic mass is 10.5. The zero-order valence-corrected chi connectivity index (χ0v) is 7.14. The van der Waals surface area contributed by atoms with Gasteiger partial charge in [-0.15, -0.1) is 0 Å². The predicted molar refractivity (Wildman–Crippen MR) is 45.3 cm³/mol. The molecule has 0 spiro atoms. The molecule has 1 rings (SSSR count). The van der Waals surface area contributed by atoms with Gasteiger partial charge in [0.15, 0.2) is 0 Å². The van der Waals surface area contributed by atoms with Gasteiger partial charge in [0.05, 0.1) is 0 Å². The van der Waals surface area contributed by atoms with Crippen molar-refractivity contribution in [2.24, 2.45) is 0 Å². The number of nitrogens with zero attached hydrogens (tertiary/aromatic N) is 1. The zero-order chi connectivity index (χ0) is 6.69. The largest absolute Gasteiger partial charge is 0.373 e. The van der Waals surface area contributed by atoms with E-state index in [9.17, 15) is 0 Å². The van der Waals surface area contributed by atoms with Gasteiger partial charge >= 0.3 is 0 Å². The van der Waals surface area contributed by atoms with Crippen LogP contribution >= 0.6 is 22.6 Å². The van der Waals surface area contributed by atoms with E-state index >= 15 is 0 Å². The quantitative estimate of drug-likeness (QED) is 0.744. The van der Waals surface area contributed by atoms with E-state index in [1.807, 2.05) is 19.2 Å². The van der Waals surface area contributed by atoms with Crippen LogP contribution in [0, 0.1) is 9.77 Å². The summed E-state index contributed by atoms with van der Waals surface area (Å²) >= 11 is 2.17. The third-order valence-corrected chi connectivity index (χ3v) is 1.53. The molecule has 0 amide bonds. The normalized spacial score (nSPS) is 9.11. The maximum absolute atomic E-state index is 3.95. The Balaban J connectivity index is 2.88. The van der Waals surface area contributed by atoms with E-state index in [1.54, 1.807) is 0 Å². The van der Waals surface area contributed by atoms with Gasteiger partial charge in [0, 0.05) is 10.6 Å². The number of halogens is 1. The maximum Gasteiger partial charge on any atom is 0.126 e. The Morgan fingerprint density at radius 1 is 1.67 bits per heavy atom. The second-order valence-corrected chi connectivity index (χ2v) is 2.70. The fourth-order valence-electron chi connectivity index (χ4n) is 0.479. The van der Waals surface area contributed by atoms with Crippen molar-refractivity contribution in [3.8, 4) is 0 Å². The Kier molecular flexibility index (Phi) is 2.27. The molecular formula is C6H6IN2. The molecule has 0 fully saturated rings. The first kappa shape index (κ1) is 6.80. The third-order valence-electron chi connectivity index (χ3n) is 0.927. The van der Waals surface area contributed by atoms with Crippen molar-refractivity contribution in [1.82, 2.24) is 4.98 Å². The molecule has 1 heterocycles. The van der Waals surface area contributed by atoms with Gasteiger partial charge in [-0.2, -0.15) is 0 Å². The Hall–Kier alpha value is -0.320. The Morgan fingerprint density at radius 2 is 2.44 bits per heavy atom. The molecule has 0 saturated heterocycles. The van der Waals surface area contributed by atoms with Crippen LogP contribution in [0.2, 0.25) is 0 Å². The lowest BCUT2D eigenvalue weighted by molar-refractivity contribution is 1.26. The van der Waals surface area contributed by atoms with E-state index in [0.717, 1.165) is 9.39 Å². The summed E-state index contributed by atoms with van der Waals surface area (Å²) in [6.07, 6.45) is 2.82. The number of hydrogen-bond donors (Lipinski definition) is 1. The number of hydrogen-bond acceptors (Lipinski definition) is 2. The lowest BCUT2D eigenvalue weighted by Gasteiger charge is -1.94. The summed E-state index contributed by atoms with van der Waals surface area (Å²) < 4.78 is 1.03. The van der Waals surface area contributed by atoms with Crippen LogP contribution in [0.1, 0.15) is 0 Å². The van der Waals surface area contributed by atoms with E-state index in [4.69, 9.17) is 0 Å². The molecule has 47 valence electrons. The summed E-state index contributed by atoms with van der Waals surface area (Å²) in [5, 5.41) is 2.91. The molecule has 9 heavy (non-hydrogen) atoms. The topological polar surface area (TPSA) is 24.9 Å². The predicted octanol–water partition coefficient (Wildman–Crippen LogP) is 1.53. The van der Waals surface area contributed by atoms with Gasteiger partial charge in [-0.1, -0.05) is 0 Å². The van der Waals surface area contributed by atoms with Crippen LogP contribution in [-0.4, -0.2) is 12.0 Å². The van der Waals surface area contributed by atoms with E-state index in [2.05, 4.69) is 39.1 Å². The van der Waals surface area contributed by atoms with Crippen molar-refractivity contribution in [2.45, 2.75) is 0 Å². The van der Waals surface area contributed by atoms with Crippen LogP contribution in [-0.2, 0) is 0 Å². The van der Waals surface area contributed by atoms with Crippen molar-refractivity contribution in [1.29, 1.82) is 0 Å². The monoisotopic (exact) mass is 233 g/mol. The highest BCUT2D eigenvalue weighted by Gasteiger charge is 1.87. The van der Waals surface area contributed by atoms with Crippen molar-refractivity contribution < 1.29 is 0 Å². The highest BCUT2D eigenvalue weighted by molar-refractivity contribution is 14.1. The van der Waals surface area contributed by atoms with Crippen LogP contribution in [0.4, 0.5) is 5.82 Å². The molecule has 1 N–H and O–H groups in total. The van der Waals surface area contributed by atoms with E-state index in [-0.39, 0.29) is 0 Å². The first-order valence-corrected chi connectivity index (χ1v) is 3.63. The van der Waals surface area contributed by atoms with Gasteiger partial charge in [0.2, 0.25) is 0 Å². The highest BCUT2D eigenvalue weighted by atomic mass is 127. The highest BCUT2D eigenvalue weighted by Crippen LogP contribution is 2.04. The molecule has 2 nitrogen and oxygen atoms in total. The van der Waals surface area contributed by atoms with E-state index in [0.29, 0.717) is 0 Å². The standard InChI is InChI=1S/C6H6IN2/c1-8-6-3-2-5(7)4-9-6/h2-3H,1H3,(H,8,9). The SMILES string of the molecule is CNc1ccc(I)[c]n1. The molecule has 0 aliphatic carbocycles. The van der Waals surface area contributed by atoms with Crippen LogP contribution in [0.25, 0.3) is 0 Å². The average molecular weight is 233 g/mol. The van der Waals surface area contributed by atoms with E-state index in [1.165, 1.54) is 0 Å². The van der Waals surface area contributed by atoms with Crippen molar-refractivity contribution in [2.75, 3.05) is 12.4 Å². The maximum atomic E-state index is 3.95. The molecule has 0 aliphatic heterocycles. The van der Waals surface area contributed by atoms with Gasteiger partial charge in [0.25, 0.3) is 0 Å². The molecule has 0 aliphatic rings. The van der Waals surface area contributed by atoms with Crippen LogP contribution in [0.15, 0.2) is 12.1 Å². The van der Waals surface area contributed by atoms with Gasteiger partial charge in [-0.05, 0) is 34.7 Å². The summed E-state index contributed by atoms with van der Waals surface area (Å²) in [5.41, 5.74) is 0. The van der Waals surface area contributed by atoms with Crippen LogP contribution in [0.3, 0.4) is 0 Å². The second kappa shape index (κ2) is 3.00. The smallest absolute Gasteiger partial charge is 0.126 e. The minimum atomic E-state index is 0.857. The summed E-state index contributed by atoms with van der Waals surface area (Å²) in [5.74, 6) is 0.857. The van der Waals surface area contributed by atoms with Crippen LogP contribution < -0.4 is 5.32 Å². The summed E-state index contributed by atoms with van der Waals surface area (Å²) in [6.45, 7) is 0. The average Bonchev–Trinajstić information content (AvgIpc) is 1.90. The van der Waals surface area contributed by atoms with Crippen LogP contribution in [0.5, 0.6) is 0 Å². The number of aromatic nitrogens is 1.